The fraction of sp³-hybridized carbons (Fsp3) is 0.231. The molecule has 3 heterocycles. The minimum atomic E-state index is 0. The summed E-state index contributed by atoms with van der Waals surface area (Å²) in [4.78, 5) is 11.6. The van der Waals surface area contributed by atoms with Crippen LogP contribution >= 0.6 is 0 Å². The molecule has 1 aliphatic heterocycles. The van der Waals surface area contributed by atoms with Crippen LogP contribution < -0.4 is 24.8 Å². The summed E-state index contributed by atoms with van der Waals surface area (Å²) in [6.07, 6.45) is 5.09. The fourth-order valence-electron chi connectivity index (χ4n) is 1.14. The Bertz CT molecular complexity index is 366. The molecule has 2 nitrogen and oxygen atoms in total. The van der Waals surface area contributed by atoms with Crippen molar-refractivity contribution in [3.05, 3.63) is 48.8 Å². The molecule has 2 aromatic heterocycles. The molecule has 18 heavy (non-hydrogen) atoms. The molecule has 100 valence electrons. The molecule has 5 heteroatoms. The van der Waals surface area contributed by atoms with Gasteiger partial charge < -0.3 is 24.8 Å². The minimum absolute atomic E-state index is 0. The number of halogens is 2. The molecular formula is C13H14Cl2N2Pt. The van der Waals surface area contributed by atoms with Gasteiger partial charge in [-0.1, -0.05) is 12.1 Å². The normalized spacial score (nSPS) is 12.2. The number of nitrogens with zero attached hydrogens (tertiary/aromatic N) is 2. The SMILES string of the molecule is C1[CH2][Pt+2][CH2]1.[Cl-].[Cl-].c1ccc(-c2ccccn2)nc1. The number of rotatable bonds is 1. The molecule has 1 saturated heterocycles. The molecule has 0 radical (unpaired) electrons. The number of pyridine rings is 2. The number of hydrogen-bond donors (Lipinski definition) is 0. The van der Waals surface area contributed by atoms with Gasteiger partial charge in [0, 0.05) is 12.4 Å². The first-order valence-corrected chi connectivity index (χ1v) is 8.45. The van der Waals surface area contributed by atoms with Gasteiger partial charge in [-0.15, -0.1) is 0 Å². The molecule has 1 aliphatic rings. The second-order valence-corrected chi connectivity index (χ2v) is 6.67. The van der Waals surface area contributed by atoms with Gasteiger partial charge in [0.05, 0.1) is 11.4 Å². The molecule has 0 bridgehead atoms. The maximum atomic E-state index is 4.19. The summed E-state index contributed by atoms with van der Waals surface area (Å²) in [7, 11) is 0. The van der Waals surface area contributed by atoms with Crippen LogP contribution in [-0.4, -0.2) is 9.97 Å². The monoisotopic (exact) mass is 463 g/mol. The average molecular weight is 464 g/mol. The van der Waals surface area contributed by atoms with Crippen LogP contribution in [0.25, 0.3) is 11.4 Å². The van der Waals surface area contributed by atoms with Crippen LogP contribution in [0.15, 0.2) is 48.8 Å². The third-order valence-corrected chi connectivity index (χ3v) is 5.25. The molecular weight excluding hydrogens is 450 g/mol. The van der Waals surface area contributed by atoms with E-state index in [2.05, 4.69) is 9.97 Å². The smallest absolute Gasteiger partial charge is 0.0886 e. The van der Waals surface area contributed by atoms with E-state index in [1.54, 1.807) is 28.4 Å². The summed E-state index contributed by atoms with van der Waals surface area (Å²) < 4.78 is 0. The van der Waals surface area contributed by atoms with Crippen molar-refractivity contribution in [3.8, 4) is 11.4 Å². The Labute approximate surface area is 129 Å². The molecule has 1 fully saturated rings. The second-order valence-electron chi connectivity index (χ2n) is 3.26. The van der Waals surface area contributed by atoms with Crippen molar-refractivity contribution in [2.24, 2.45) is 0 Å². The Balaban J connectivity index is 0.000000417. The van der Waals surface area contributed by atoms with Crippen LogP contribution in [0.3, 0.4) is 0 Å². The molecule has 0 saturated carbocycles. The molecule has 0 atom stereocenters. The van der Waals surface area contributed by atoms with E-state index in [0.29, 0.717) is 0 Å². The maximum Gasteiger partial charge on any atom is 0.0886 e. The van der Waals surface area contributed by atoms with E-state index >= 15 is 0 Å². The van der Waals surface area contributed by atoms with Crippen molar-refractivity contribution in [1.29, 1.82) is 0 Å². The summed E-state index contributed by atoms with van der Waals surface area (Å²) >= 11 is 0.784. The Hall–Kier alpha value is -0.432. The third kappa shape index (κ3) is 5.95. The minimum Gasteiger partial charge on any atom is -1.00 e. The Morgan fingerprint density at radius 1 is 0.778 bits per heavy atom. The Morgan fingerprint density at radius 2 is 1.17 bits per heavy atom. The van der Waals surface area contributed by atoms with Crippen molar-refractivity contribution in [3.63, 3.8) is 0 Å². The van der Waals surface area contributed by atoms with Crippen LogP contribution in [0.4, 0.5) is 0 Å². The molecule has 0 amide bonds. The van der Waals surface area contributed by atoms with Gasteiger partial charge in [0.25, 0.3) is 0 Å². The van der Waals surface area contributed by atoms with Gasteiger partial charge in [0.1, 0.15) is 0 Å². The van der Waals surface area contributed by atoms with Gasteiger partial charge >= 0.3 is 34.6 Å². The van der Waals surface area contributed by atoms with Gasteiger partial charge in [-0.3, -0.25) is 9.97 Å². The summed E-state index contributed by atoms with van der Waals surface area (Å²) in [6, 6.07) is 11.6. The van der Waals surface area contributed by atoms with Gasteiger partial charge in [-0.25, -0.2) is 0 Å². The van der Waals surface area contributed by atoms with E-state index in [4.69, 9.17) is 0 Å². The first kappa shape index (κ1) is 17.6. The third-order valence-electron chi connectivity index (χ3n) is 2.04. The zero-order valence-electron chi connectivity index (χ0n) is 9.71. The van der Waals surface area contributed by atoms with Crippen LogP contribution in [0.5, 0.6) is 0 Å². The van der Waals surface area contributed by atoms with Gasteiger partial charge in [0.15, 0.2) is 0 Å². The van der Waals surface area contributed by atoms with E-state index in [9.17, 15) is 0 Å². The van der Waals surface area contributed by atoms with Crippen LogP contribution in [-0.2, 0) is 18.6 Å². The predicted molar refractivity (Wildman–Crippen MR) is 61.7 cm³/mol. The summed E-state index contributed by atoms with van der Waals surface area (Å²) in [5.74, 6) is 0. The van der Waals surface area contributed by atoms with Crippen molar-refractivity contribution in [2.45, 2.75) is 16.0 Å². The summed E-state index contributed by atoms with van der Waals surface area (Å²) in [5, 5.41) is 0. The number of aromatic nitrogens is 2. The molecule has 0 unspecified atom stereocenters. The second kappa shape index (κ2) is 10.5. The van der Waals surface area contributed by atoms with E-state index in [1.807, 2.05) is 36.4 Å². The molecule has 0 N–H and O–H groups in total. The van der Waals surface area contributed by atoms with E-state index in [-0.39, 0.29) is 24.8 Å². The predicted octanol–water partition coefficient (Wildman–Crippen LogP) is -2.54. The zero-order chi connectivity index (χ0) is 11.1. The van der Waals surface area contributed by atoms with E-state index in [1.165, 1.54) is 0 Å². The van der Waals surface area contributed by atoms with Crippen molar-refractivity contribution < 1.29 is 43.4 Å². The van der Waals surface area contributed by atoms with Gasteiger partial charge in [-0.05, 0) is 24.3 Å². The van der Waals surface area contributed by atoms with E-state index in [0.717, 1.165) is 29.9 Å². The molecule has 0 aromatic carbocycles. The van der Waals surface area contributed by atoms with Crippen LogP contribution in [0, 0.1) is 0 Å². The quantitative estimate of drug-likeness (QED) is 0.465. The molecule has 0 aliphatic carbocycles. The van der Waals surface area contributed by atoms with Crippen LogP contribution in [0.2, 0.25) is 9.62 Å². The van der Waals surface area contributed by atoms with Crippen molar-refractivity contribution in [2.75, 3.05) is 0 Å². The Morgan fingerprint density at radius 3 is 1.39 bits per heavy atom. The summed E-state index contributed by atoms with van der Waals surface area (Å²) in [6.45, 7) is 0. The zero-order valence-corrected chi connectivity index (χ0v) is 13.5. The van der Waals surface area contributed by atoms with Gasteiger partial charge in [0.2, 0.25) is 0 Å². The maximum absolute atomic E-state index is 4.19. The largest absolute Gasteiger partial charge is 1.00 e. The first-order valence-electron chi connectivity index (χ1n) is 5.24. The van der Waals surface area contributed by atoms with Crippen LogP contribution in [0.1, 0.15) is 6.42 Å². The van der Waals surface area contributed by atoms with Gasteiger partial charge in [-0.2, -0.15) is 0 Å². The first-order chi connectivity index (χ1) is 7.97. The molecule has 2 aromatic rings. The molecule has 3 rings (SSSR count). The average Bonchev–Trinajstić information content (AvgIpc) is 2.29. The molecule has 0 spiro atoms. The fourth-order valence-corrected chi connectivity index (χ4v) is 1.94. The topological polar surface area (TPSA) is 25.8 Å². The summed E-state index contributed by atoms with van der Waals surface area (Å²) in [5.41, 5.74) is 1.83. The Kier molecular flexibility index (Phi) is 10.2. The van der Waals surface area contributed by atoms with E-state index < -0.39 is 0 Å². The standard InChI is InChI=1S/C10H8N2.C3H6.2ClH.Pt/c1-3-7-11-9(5-1)10-6-2-4-8-12-10;1-3-2;;;/h1-8H;1-3H2;2*1H;/q;;;;+2/p-2. The van der Waals surface area contributed by atoms with Crippen molar-refractivity contribution in [1.82, 2.24) is 9.97 Å². The van der Waals surface area contributed by atoms with Crippen molar-refractivity contribution >= 4 is 0 Å². The number of hydrogen-bond acceptors (Lipinski definition) is 2.